The van der Waals surface area contributed by atoms with Gasteiger partial charge in [-0.1, -0.05) is 25.8 Å². The number of carbonyl (C=O) groups is 1. The lowest BCUT2D eigenvalue weighted by molar-refractivity contribution is -0.133. The van der Waals surface area contributed by atoms with Crippen molar-refractivity contribution in [1.82, 2.24) is 10.9 Å². The van der Waals surface area contributed by atoms with Gasteiger partial charge in [-0.3, -0.25) is 10.2 Å². The number of amides is 1. The number of hydrogen-bond donors (Lipinski definition) is 2. The highest BCUT2D eigenvalue weighted by atomic mass is 79.9. The van der Waals surface area contributed by atoms with Gasteiger partial charge in [0, 0.05) is 12.0 Å². The second kappa shape index (κ2) is 6.67. The van der Waals surface area contributed by atoms with Gasteiger partial charge >= 0.3 is 0 Å². The molecule has 2 aliphatic rings. The molecule has 0 spiro atoms. The van der Waals surface area contributed by atoms with Gasteiger partial charge in [0.25, 0.3) is 0 Å². The van der Waals surface area contributed by atoms with Crippen molar-refractivity contribution in [2.45, 2.75) is 51.0 Å². The normalized spacial score (nSPS) is 29.6. The largest absolute Gasteiger partial charge is 0.291 e. The van der Waals surface area contributed by atoms with E-state index >= 15 is 0 Å². The van der Waals surface area contributed by atoms with Crippen molar-refractivity contribution >= 4 is 21.8 Å². The van der Waals surface area contributed by atoms with E-state index in [1.165, 1.54) is 12.5 Å². The Kier molecular flexibility index (Phi) is 4.83. The Labute approximate surface area is 139 Å². The average molecular weight is 369 g/mol. The number of carbonyl (C=O) groups excluding carboxylic acids is 1. The van der Waals surface area contributed by atoms with Crippen LogP contribution in [0.15, 0.2) is 22.7 Å². The first-order valence-corrected chi connectivity index (χ1v) is 8.86. The highest BCUT2D eigenvalue weighted by molar-refractivity contribution is 9.10. The molecule has 1 heterocycles. The van der Waals surface area contributed by atoms with Crippen molar-refractivity contribution in [3.63, 3.8) is 0 Å². The minimum absolute atomic E-state index is 0.151. The third kappa shape index (κ3) is 3.20. The Morgan fingerprint density at radius 2 is 2.14 bits per heavy atom. The van der Waals surface area contributed by atoms with E-state index in [2.05, 4.69) is 33.7 Å². The molecule has 1 saturated carbocycles. The van der Waals surface area contributed by atoms with Crippen molar-refractivity contribution in [3.05, 3.63) is 34.1 Å². The lowest BCUT2D eigenvalue weighted by Crippen LogP contribution is -2.59. The standard InChI is InChI=1S/C17H22BrFN2O/c1-10(11-6-7-15(19)14(18)9-11)8-16-12-4-2-3-5-13(12)17(22)21-20-16/h6-7,9-10,12-13,16,20H,2-5,8H2,1H3,(H,21,22). The van der Waals surface area contributed by atoms with Crippen LogP contribution >= 0.6 is 15.9 Å². The lowest BCUT2D eigenvalue weighted by atomic mass is 9.71. The smallest absolute Gasteiger partial charge is 0.237 e. The Morgan fingerprint density at radius 1 is 1.36 bits per heavy atom. The van der Waals surface area contributed by atoms with E-state index in [9.17, 15) is 9.18 Å². The number of benzene rings is 1. The van der Waals surface area contributed by atoms with Gasteiger partial charge < -0.3 is 0 Å². The molecule has 2 N–H and O–H groups in total. The zero-order chi connectivity index (χ0) is 15.7. The molecule has 3 nitrogen and oxygen atoms in total. The summed E-state index contributed by atoms with van der Waals surface area (Å²) >= 11 is 3.26. The predicted molar refractivity (Wildman–Crippen MR) is 87.6 cm³/mol. The first-order chi connectivity index (χ1) is 10.6. The van der Waals surface area contributed by atoms with Crippen LogP contribution in [0, 0.1) is 17.7 Å². The molecule has 0 aromatic heterocycles. The molecule has 1 saturated heterocycles. The average Bonchev–Trinajstić information content (AvgIpc) is 2.53. The first kappa shape index (κ1) is 15.9. The third-order valence-corrected chi connectivity index (χ3v) is 5.78. The molecule has 120 valence electrons. The lowest BCUT2D eigenvalue weighted by Gasteiger charge is -2.42. The molecular weight excluding hydrogens is 347 g/mol. The summed E-state index contributed by atoms with van der Waals surface area (Å²) in [5.41, 5.74) is 7.18. The maximum absolute atomic E-state index is 13.4. The molecule has 22 heavy (non-hydrogen) atoms. The number of halogens is 2. The van der Waals surface area contributed by atoms with E-state index in [4.69, 9.17) is 0 Å². The second-order valence-corrected chi connectivity index (χ2v) is 7.46. The summed E-state index contributed by atoms with van der Waals surface area (Å²) in [4.78, 5) is 12.0. The quantitative estimate of drug-likeness (QED) is 0.849. The third-order valence-electron chi connectivity index (χ3n) is 5.17. The Morgan fingerprint density at radius 3 is 2.91 bits per heavy atom. The van der Waals surface area contributed by atoms with Crippen molar-refractivity contribution < 1.29 is 9.18 Å². The van der Waals surface area contributed by atoms with E-state index in [1.807, 2.05) is 12.1 Å². The molecule has 0 bridgehead atoms. The maximum atomic E-state index is 13.4. The Balaban J connectivity index is 1.71. The summed E-state index contributed by atoms with van der Waals surface area (Å²) in [6.45, 7) is 2.16. The highest BCUT2D eigenvalue weighted by Crippen LogP contribution is 2.37. The summed E-state index contributed by atoms with van der Waals surface area (Å²) in [5.74, 6) is 0.817. The molecule has 1 aromatic carbocycles. The van der Waals surface area contributed by atoms with Crippen LogP contribution in [0.4, 0.5) is 4.39 Å². The van der Waals surface area contributed by atoms with Crippen LogP contribution < -0.4 is 10.9 Å². The van der Waals surface area contributed by atoms with Crippen LogP contribution in [-0.4, -0.2) is 11.9 Å². The van der Waals surface area contributed by atoms with Crippen LogP contribution in [0.1, 0.15) is 50.5 Å². The minimum Gasteiger partial charge on any atom is -0.291 e. The fourth-order valence-electron chi connectivity index (χ4n) is 3.90. The van der Waals surface area contributed by atoms with E-state index in [0.717, 1.165) is 31.2 Å². The van der Waals surface area contributed by atoms with Crippen molar-refractivity contribution in [3.8, 4) is 0 Å². The molecule has 4 unspecified atom stereocenters. The van der Waals surface area contributed by atoms with Crippen LogP contribution in [0.3, 0.4) is 0 Å². The molecule has 4 atom stereocenters. The van der Waals surface area contributed by atoms with Gasteiger partial charge in [0.15, 0.2) is 0 Å². The molecule has 1 aromatic rings. The van der Waals surface area contributed by atoms with Gasteiger partial charge in [0.05, 0.1) is 4.47 Å². The molecular formula is C17H22BrFN2O. The molecule has 3 rings (SSSR count). The number of hydrazine groups is 1. The van der Waals surface area contributed by atoms with Gasteiger partial charge in [-0.2, -0.15) is 0 Å². The topological polar surface area (TPSA) is 41.1 Å². The summed E-state index contributed by atoms with van der Waals surface area (Å²) in [5, 5.41) is 0. The van der Waals surface area contributed by atoms with Crippen molar-refractivity contribution in [1.29, 1.82) is 0 Å². The van der Waals surface area contributed by atoms with Crippen LogP contribution in [0.5, 0.6) is 0 Å². The van der Waals surface area contributed by atoms with E-state index in [-0.39, 0.29) is 17.6 Å². The van der Waals surface area contributed by atoms with Crippen LogP contribution in [0.25, 0.3) is 0 Å². The van der Waals surface area contributed by atoms with Gasteiger partial charge in [0.1, 0.15) is 5.82 Å². The SMILES string of the molecule is CC(CC1NNC(=O)C2CCCCC12)c1ccc(F)c(Br)c1. The summed E-state index contributed by atoms with van der Waals surface area (Å²) in [6, 6.07) is 5.52. The first-order valence-electron chi connectivity index (χ1n) is 8.06. The molecule has 2 fully saturated rings. The van der Waals surface area contributed by atoms with Gasteiger partial charge in [-0.25, -0.2) is 9.82 Å². The second-order valence-electron chi connectivity index (χ2n) is 6.61. The molecule has 0 radical (unpaired) electrons. The Hall–Kier alpha value is -0.940. The van der Waals surface area contributed by atoms with Crippen molar-refractivity contribution in [2.24, 2.45) is 11.8 Å². The number of fused-ring (bicyclic) bond motifs is 1. The molecule has 1 amide bonds. The fourth-order valence-corrected chi connectivity index (χ4v) is 4.30. The molecule has 1 aliphatic heterocycles. The van der Waals surface area contributed by atoms with Gasteiger partial charge in [0.2, 0.25) is 5.91 Å². The molecule has 5 heteroatoms. The summed E-state index contributed by atoms with van der Waals surface area (Å²) < 4.78 is 13.9. The van der Waals surface area contributed by atoms with E-state index in [0.29, 0.717) is 22.4 Å². The zero-order valence-electron chi connectivity index (χ0n) is 12.7. The van der Waals surface area contributed by atoms with Crippen molar-refractivity contribution in [2.75, 3.05) is 0 Å². The maximum Gasteiger partial charge on any atom is 0.237 e. The molecule has 1 aliphatic carbocycles. The van der Waals surface area contributed by atoms with E-state index < -0.39 is 0 Å². The highest BCUT2D eigenvalue weighted by Gasteiger charge is 2.40. The van der Waals surface area contributed by atoms with Crippen LogP contribution in [0.2, 0.25) is 0 Å². The number of hydrogen-bond acceptors (Lipinski definition) is 2. The van der Waals surface area contributed by atoms with Crippen LogP contribution in [-0.2, 0) is 4.79 Å². The predicted octanol–water partition coefficient (Wildman–Crippen LogP) is 3.89. The van der Waals surface area contributed by atoms with Gasteiger partial charge in [-0.05, 0) is 64.7 Å². The van der Waals surface area contributed by atoms with Gasteiger partial charge in [-0.15, -0.1) is 0 Å². The fraction of sp³-hybridized carbons (Fsp3) is 0.588. The van der Waals surface area contributed by atoms with E-state index in [1.54, 1.807) is 0 Å². The monoisotopic (exact) mass is 368 g/mol. The zero-order valence-corrected chi connectivity index (χ0v) is 14.3. The summed E-state index contributed by atoms with van der Waals surface area (Å²) in [7, 11) is 0. The number of rotatable bonds is 3. The number of nitrogens with one attached hydrogen (secondary N) is 2. The summed E-state index contributed by atoms with van der Waals surface area (Å²) in [6.07, 6.45) is 5.44. The Bertz CT molecular complexity index is 566. The minimum atomic E-state index is -0.230.